The number of methoxy groups -OCH3 is 2. The van der Waals surface area contributed by atoms with Crippen LogP contribution in [0.3, 0.4) is 0 Å². The molecule has 67 heavy (non-hydrogen) atoms. The fourth-order valence-electron chi connectivity index (χ4n) is 7.07. The number of carbonyl (C=O) groups is 6. The number of hydrogen-bond acceptors (Lipinski definition) is 14. The maximum Gasteiger partial charge on any atom is 0.339 e. The molecule has 1 aromatic heterocycles. The van der Waals surface area contributed by atoms with E-state index in [1.54, 1.807) is 24.3 Å². The number of anilines is 5. The van der Waals surface area contributed by atoms with Gasteiger partial charge in [0.2, 0.25) is 5.91 Å². The summed E-state index contributed by atoms with van der Waals surface area (Å²) in [5.74, 6) is -6.35. The van der Waals surface area contributed by atoms with Crippen LogP contribution in [0.15, 0.2) is 103 Å². The van der Waals surface area contributed by atoms with E-state index in [-0.39, 0.29) is 57.6 Å². The Bertz CT molecular complexity index is 2800. The van der Waals surface area contributed by atoms with Crippen molar-refractivity contribution < 1.29 is 53.6 Å². The van der Waals surface area contributed by atoms with Crippen molar-refractivity contribution in [3.8, 4) is 23.0 Å². The molecular formula is C46H44N10O11. The van der Waals surface area contributed by atoms with E-state index in [1.165, 1.54) is 75.0 Å². The van der Waals surface area contributed by atoms with E-state index in [4.69, 9.17) is 9.47 Å². The molecule has 21 heteroatoms. The number of hydrogen-bond donors (Lipinski definition) is 10. The minimum Gasteiger partial charge on any atom is -0.504 e. The van der Waals surface area contributed by atoms with Crippen molar-refractivity contribution in [2.75, 3.05) is 66.6 Å². The molecule has 1 unspecified atom stereocenters. The Morgan fingerprint density at radius 3 is 1.70 bits per heavy atom. The van der Waals surface area contributed by atoms with E-state index in [1.807, 2.05) is 12.1 Å². The van der Waals surface area contributed by atoms with E-state index in [0.717, 1.165) is 37.9 Å². The number of benzene rings is 5. The minimum absolute atomic E-state index is 0.000554. The number of aromatic hydroxyl groups is 2. The third-order valence-electron chi connectivity index (χ3n) is 10.6. The fraction of sp³-hybridized carbons (Fsp3) is 0.174. The lowest BCUT2D eigenvalue weighted by Crippen LogP contribution is -2.45. The Hall–Kier alpha value is -8.98. The predicted octanol–water partition coefficient (Wildman–Crippen LogP) is 4.08. The molecule has 344 valence electrons. The van der Waals surface area contributed by atoms with Crippen LogP contribution >= 0.6 is 0 Å². The Kier molecular flexibility index (Phi) is 14.2. The first kappa shape index (κ1) is 46.0. The monoisotopic (exact) mass is 912 g/mol. The molecule has 6 aromatic rings. The molecule has 1 aliphatic rings. The van der Waals surface area contributed by atoms with E-state index < -0.39 is 52.7 Å². The summed E-state index contributed by atoms with van der Waals surface area (Å²) in [6.45, 7) is 3.57. The van der Waals surface area contributed by atoms with Gasteiger partial charge in [0.05, 0.1) is 43.0 Å². The summed E-state index contributed by atoms with van der Waals surface area (Å²) in [6, 6.07) is 23.0. The van der Waals surface area contributed by atoms with Crippen LogP contribution < -0.4 is 46.3 Å². The molecule has 1 aliphatic heterocycles. The SMILES string of the molecule is COc1c(NC(=O)c2ccc(NC(=O)c3ccc(NC(=O)C(Cc4cnn[nH]4)NC(=O)c4ccc(NC(=O)c5ccc(N6CCNCC6)cc5)cc4)cc3)c(OC)c2O)ccc(C(=O)O)c1O. The summed E-state index contributed by atoms with van der Waals surface area (Å²) in [5, 5.41) is 57.4. The number of nitrogens with zero attached hydrogens (tertiary/aromatic N) is 3. The van der Waals surface area contributed by atoms with Gasteiger partial charge in [-0.15, -0.1) is 5.10 Å². The molecule has 1 saturated heterocycles. The number of phenols is 2. The number of H-pyrrole nitrogens is 1. The van der Waals surface area contributed by atoms with E-state index >= 15 is 0 Å². The molecule has 0 bridgehead atoms. The highest BCUT2D eigenvalue weighted by molar-refractivity contribution is 6.11. The number of aromatic nitrogens is 3. The van der Waals surface area contributed by atoms with Gasteiger partial charge in [0.25, 0.3) is 23.6 Å². The Balaban J connectivity index is 0.962. The quantitative estimate of drug-likeness (QED) is 0.0655. The number of phenolic OH excluding ortho intramolecular Hbond substituents is 1. The topological polar surface area (TPSA) is 299 Å². The highest BCUT2D eigenvalue weighted by Gasteiger charge is 2.26. The number of carbonyl (C=O) groups excluding carboxylic acids is 5. The predicted molar refractivity (Wildman–Crippen MR) is 245 cm³/mol. The van der Waals surface area contributed by atoms with Gasteiger partial charge in [0.15, 0.2) is 23.0 Å². The van der Waals surface area contributed by atoms with Crippen LogP contribution in [0.25, 0.3) is 0 Å². The smallest absolute Gasteiger partial charge is 0.339 e. The van der Waals surface area contributed by atoms with Crippen molar-refractivity contribution in [2.45, 2.75) is 12.5 Å². The third kappa shape index (κ3) is 10.9. The molecule has 0 spiro atoms. The summed E-state index contributed by atoms with van der Waals surface area (Å²) >= 11 is 0. The number of carboxylic acid groups (broad SMARTS) is 1. The lowest BCUT2D eigenvalue weighted by Gasteiger charge is -2.29. The number of carboxylic acids is 1. The van der Waals surface area contributed by atoms with Crippen molar-refractivity contribution in [2.24, 2.45) is 0 Å². The second kappa shape index (κ2) is 20.7. The van der Waals surface area contributed by atoms with Crippen LogP contribution in [0.5, 0.6) is 23.0 Å². The average molecular weight is 913 g/mol. The van der Waals surface area contributed by atoms with Gasteiger partial charge in [-0.2, -0.15) is 0 Å². The van der Waals surface area contributed by atoms with Crippen molar-refractivity contribution >= 4 is 63.9 Å². The molecule has 7 rings (SSSR count). The van der Waals surface area contributed by atoms with Crippen molar-refractivity contribution in [3.05, 3.63) is 137 Å². The van der Waals surface area contributed by atoms with Crippen LogP contribution in [-0.4, -0.2) is 113 Å². The number of amides is 5. The second-order valence-electron chi connectivity index (χ2n) is 14.9. The van der Waals surface area contributed by atoms with Gasteiger partial charge >= 0.3 is 5.97 Å². The van der Waals surface area contributed by atoms with Gasteiger partial charge in [-0.3, -0.25) is 29.1 Å². The lowest BCUT2D eigenvalue weighted by molar-refractivity contribution is -0.118. The van der Waals surface area contributed by atoms with E-state index in [9.17, 15) is 44.1 Å². The molecule has 21 nitrogen and oxygen atoms in total. The molecule has 1 atom stereocenters. The number of aromatic carboxylic acids is 1. The average Bonchev–Trinajstić information content (AvgIpc) is 3.85. The first-order valence-electron chi connectivity index (χ1n) is 20.5. The maximum atomic E-state index is 13.6. The molecule has 2 heterocycles. The first-order chi connectivity index (χ1) is 32.3. The van der Waals surface area contributed by atoms with Crippen LogP contribution in [0.2, 0.25) is 0 Å². The number of piperazine rings is 1. The summed E-state index contributed by atoms with van der Waals surface area (Å²) < 4.78 is 10.4. The zero-order valence-corrected chi connectivity index (χ0v) is 35.9. The van der Waals surface area contributed by atoms with Crippen molar-refractivity contribution in [1.29, 1.82) is 0 Å². The summed E-state index contributed by atoms with van der Waals surface area (Å²) in [7, 11) is 2.38. The van der Waals surface area contributed by atoms with Gasteiger partial charge in [-0.05, 0) is 97.1 Å². The second-order valence-corrected chi connectivity index (χ2v) is 14.9. The number of rotatable bonds is 16. The highest BCUT2D eigenvalue weighted by atomic mass is 16.5. The number of nitrogens with one attached hydrogen (secondary N) is 7. The highest BCUT2D eigenvalue weighted by Crippen LogP contribution is 2.40. The largest absolute Gasteiger partial charge is 0.504 e. The van der Waals surface area contributed by atoms with E-state index in [2.05, 4.69) is 52.2 Å². The molecule has 0 saturated carbocycles. The number of aromatic amines is 1. The molecule has 10 N–H and O–H groups in total. The molecule has 1 fully saturated rings. The molecule has 5 aromatic carbocycles. The van der Waals surface area contributed by atoms with Crippen molar-refractivity contribution in [1.82, 2.24) is 26.0 Å². The number of ether oxygens (including phenoxy) is 2. The Labute approximate surface area is 381 Å². The molecular weight excluding hydrogens is 869 g/mol. The van der Waals surface area contributed by atoms with Crippen molar-refractivity contribution in [3.63, 3.8) is 0 Å². The van der Waals surface area contributed by atoms with Gasteiger partial charge in [-0.1, -0.05) is 5.21 Å². The van der Waals surface area contributed by atoms with Crippen LogP contribution in [0.4, 0.5) is 28.4 Å². The van der Waals surface area contributed by atoms with Gasteiger partial charge in [-0.25, -0.2) is 4.79 Å². The van der Waals surface area contributed by atoms with Crippen LogP contribution in [0.1, 0.15) is 57.5 Å². The van der Waals surface area contributed by atoms with Crippen LogP contribution in [-0.2, 0) is 11.2 Å². The van der Waals surface area contributed by atoms with Gasteiger partial charge < -0.3 is 61.6 Å². The maximum absolute atomic E-state index is 13.6. The summed E-state index contributed by atoms with van der Waals surface area (Å²) in [4.78, 5) is 80.2. The lowest BCUT2D eigenvalue weighted by atomic mass is 10.1. The Morgan fingerprint density at radius 2 is 1.15 bits per heavy atom. The summed E-state index contributed by atoms with van der Waals surface area (Å²) in [5.41, 5.74) is 2.26. The molecule has 0 radical (unpaired) electrons. The summed E-state index contributed by atoms with van der Waals surface area (Å²) in [6.07, 6.45) is 1.42. The third-order valence-corrected chi connectivity index (χ3v) is 10.6. The zero-order chi connectivity index (χ0) is 47.6. The standard InChI is InChI=1S/C46H44N10O11/c1-66-39-34(17-15-32(37(39)57)44(62)52-35-18-16-33(46(64)65)38(58)40(35)67-2)51-42(60)25-5-11-29(12-6-25)50-45(63)36(23-30-24-48-55-54-30)53-43(61)26-3-9-28(10-4-26)49-41(59)27-7-13-31(14-8-27)56-21-19-47-20-22-56/h3-18,24,36,47,57-58H,19-23H2,1-2H3,(H,49,59)(H,50,63)(H,51,60)(H,52,62)(H,53,61)(H,64,65)(H,48,54,55). The first-order valence-corrected chi connectivity index (χ1v) is 20.5. The fourth-order valence-corrected chi connectivity index (χ4v) is 7.07. The Morgan fingerprint density at radius 1 is 0.642 bits per heavy atom. The van der Waals surface area contributed by atoms with Crippen LogP contribution in [0, 0.1) is 0 Å². The normalized spacial score (nSPS) is 12.5. The zero-order valence-electron chi connectivity index (χ0n) is 35.9. The van der Waals surface area contributed by atoms with Gasteiger partial charge in [0, 0.05) is 66.4 Å². The van der Waals surface area contributed by atoms with Gasteiger partial charge in [0.1, 0.15) is 11.6 Å². The minimum atomic E-state index is -1.42. The molecule has 5 amide bonds. The molecule has 0 aliphatic carbocycles. The van der Waals surface area contributed by atoms with E-state index in [0.29, 0.717) is 16.9 Å².